The smallest absolute Gasteiger partial charge is 0.368 e. The number of nitrogens with two attached hydrogens (primary N) is 1. The van der Waals surface area contributed by atoms with Gasteiger partial charge in [-0.25, -0.2) is 8.42 Å². The van der Waals surface area contributed by atoms with Gasteiger partial charge in [-0.1, -0.05) is 62.4 Å². The topological polar surface area (TPSA) is 128 Å². The van der Waals surface area contributed by atoms with Crippen LogP contribution in [0.4, 0.5) is 13.2 Å². The number of nitriles is 2. The van der Waals surface area contributed by atoms with Crippen LogP contribution in [0.25, 0.3) is 11.1 Å². The fourth-order valence-corrected chi connectivity index (χ4v) is 5.48. The molecule has 0 aliphatic carbocycles. The zero-order chi connectivity index (χ0) is 31.2. The summed E-state index contributed by atoms with van der Waals surface area (Å²) in [6.07, 6.45) is -3.95. The third-order valence-corrected chi connectivity index (χ3v) is 7.98. The highest BCUT2D eigenvalue weighted by Gasteiger charge is 2.50. The van der Waals surface area contributed by atoms with Crippen LogP contribution in [-0.2, 0) is 21.1 Å². The fraction of sp³-hybridized carbons (Fsp3) is 0.323. The summed E-state index contributed by atoms with van der Waals surface area (Å²) in [6, 6.07) is 16.5. The lowest BCUT2D eigenvalue weighted by Gasteiger charge is -2.41. The van der Waals surface area contributed by atoms with Gasteiger partial charge in [0, 0.05) is 12.7 Å². The van der Waals surface area contributed by atoms with E-state index in [0.717, 1.165) is 11.2 Å². The minimum atomic E-state index is -4.89. The largest absolute Gasteiger partial charge is 0.408 e. The molecule has 0 fully saturated rings. The standard InChI is InChI=1S/C31H31F3N4O3S/c1-20(2)16-28(30(37)39)38(26(19-36)17-21-4-6-22(18-35)7-5-21)29(31(32,33)34)25-10-8-23(9-11-25)24-12-14-27(15-13-24)42(3,40)41/h4-15,20,26,28-29H,16-17H2,1-3H3,(H2,37,39)/t26?,28-,29-/m0/s1. The second-order valence-corrected chi connectivity index (χ2v) is 12.5. The molecule has 0 aromatic heterocycles. The summed E-state index contributed by atoms with van der Waals surface area (Å²) in [5.74, 6) is -1.17. The van der Waals surface area contributed by atoms with Crippen LogP contribution in [0.2, 0.25) is 0 Å². The van der Waals surface area contributed by atoms with Crippen molar-refractivity contribution < 1.29 is 26.4 Å². The Balaban J connectivity index is 2.11. The molecular formula is C31H31F3N4O3S. The zero-order valence-electron chi connectivity index (χ0n) is 23.3. The van der Waals surface area contributed by atoms with E-state index in [1.165, 1.54) is 48.5 Å². The Bertz CT molecular complexity index is 1570. The lowest BCUT2D eigenvalue weighted by atomic mass is 9.92. The number of sulfone groups is 1. The second kappa shape index (κ2) is 13.2. The maximum Gasteiger partial charge on any atom is 0.408 e. The van der Waals surface area contributed by atoms with Crippen LogP contribution in [0.3, 0.4) is 0 Å². The molecule has 2 N–H and O–H groups in total. The van der Waals surface area contributed by atoms with Gasteiger partial charge in [0.2, 0.25) is 5.91 Å². The molecule has 0 bridgehead atoms. The van der Waals surface area contributed by atoms with E-state index >= 15 is 0 Å². The van der Waals surface area contributed by atoms with E-state index in [4.69, 9.17) is 11.0 Å². The van der Waals surface area contributed by atoms with Crippen LogP contribution < -0.4 is 5.73 Å². The summed E-state index contributed by atoms with van der Waals surface area (Å²) in [5.41, 5.74) is 7.52. The second-order valence-electron chi connectivity index (χ2n) is 10.5. The van der Waals surface area contributed by atoms with E-state index < -0.39 is 40.0 Å². The van der Waals surface area contributed by atoms with Crippen LogP contribution in [0.15, 0.2) is 77.7 Å². The molecule has 1 amide bonds. The molecular weight excluding hydrogens is 565 g/mol. The monoisotopic (exact) mass is 596 g/mol. The van der Waals surface area contributed by atoms with Crippen molar-refractivity contribution in [1.82, 2.24) is 4.90 Å². The van der Waals surface area contributed by atoms with Crippen LogP contribution in [0.5, 0.6) is 0 Å². The molecule has 0 aliphatic rings. The van der Waals surface area contributed by atoms with E-state index in [1.54, 1.807) is 38.1 Å². The molecule has 0 saturated carbocycles. The highest BCUT2D eigenvalue weighted by Crippen LogP contribution is 2.42. The van der Waals surface area contributed by atoms with Gasteiger partial charge in [0.05, 0.1) is 28.6 Å². The van der Waals surface area contributed by atoms with E-state index in [9.17, 15) is 31.6 Å². The van der Waals surface area contributed by atoms with Crippen LogP contribution in [-0.4, -0.2) is 43.7 Å². The molecule has 42 heavy (non-hydrogen) atoms. The quantitative estimate of drug-likeness (QED) is 0.308. The van der Waals surface area contributed by atoms with Crippen LogP contribution >= 0.6 is 0 Å². The van der Waals surface area contributed by atoms with Crippen molar-refractivity contribution in [2.45, 2.75) is 55.9 Å². The highest BCUT2D eigenvalue weighted by atomic mass is 32.2. The number of carbonyl (C=O) groups excluding carboxylic acids is 1. The molecule has 3 aromatic carbocycles. The minimum absolute atomic E-state index is 0.00175. The van der Waals surface area contributed by atoms with E-state index in [1.807, 2.05) is 12.1 Å². The fourth-order valence-electron chi connectivity index (χ4n) is 4.85. The Kier molecular flexibility index (Phi) is 10.2. The summed E-state index contributed by atoms with van der Waals surface area (Å²) < 4.78 is 68.3. The molecule has 3 aromatic rings. The molecule has 11 heteroatoms. The van der Waals surface area contributed by atoms with E-state index in [2.05, 4.69) is 0 Å². The molecule has 7 nitrogen and oxygen atoms in total. The van der Waals surface area contributed by atoms with Gasteiger partial charge < -0.3 is 5.73 Å². The highest BCUT2D eigenvalue weighted by molar-refractivity contribution is 7.90. The third-order valence-electron chi connectivity index (χ3n) is 6.85. The summed E-state index contributed by atoms with van der Waals surface area (Å²) in [5, 5.41) is 19.2. The molecule has 0 saturated heterocycles. The predicted molar refractivity (Wildman–Crippen MR) is 152 cm³/mol. The molecule has 0 aliphatic heterocycles. The molecule has 1 unspecified atom stereocenters. The van der Waals surface area contributed by atoms with Crippen molar-refractivity contribution in [3.05, 3.63) is 89.5 Å². The number of hydrogen-bond donors (Lipinski definition) is 1. The summed E-state index contributed by atoms with van der Waals surface area (Å²) >= 11 is 0. The van der Waals surface area contributed by atoms with Gasteiger partial charge >= 0.3 is 6.18 Å². The maximum absolute atomic E-state index is 14.9. The van der Waals surface area contributed by atoms with E-state index in [-0.39, 0.29) is 29.2 Å². The van der Waals surface area contributed by atoms with Gasteiger partial charge in [0.1, 0.15) is 12.1 Å². The van der Waals surface area contributed by atoms with Gasteiger partial charge in [0.25, 0.3) is 0 Å². The first kappa shape index (κ1) is 32.3. The number of nitrogens with zero attached hydrogens (tertiary/aromatic N) is 3. The summed E-state index contributed by atoms with van der Waals surface area (Å²) in [6.45, 7) is 3.51. The SMILES string of the molecule is CC(C)C[C@@H](C(N)=O)N(C(C#N)Cc1ccc(C#N)cc1)[C@@H](c1ccc(-c2ccc(S(C)(=O)=O)cc2)cc1)C(F)(F)F. The number of alkyl halides is 3. The lowest BCUT2D eigenvalue weighted by molar-refractivity contribution is -0.197. The normalized spacial score (nSPS) is 14.1. The number of rotatable bonds is 11. The van der Waals surface area contributed by atoms with Crippen molar-refractivity contribution in [3.63, 3.8) is 0 Å². The Morgan fingerprint density at radius 1 is 0.929 bits per heavy atom. The minimum Gasteiger partial charge on any atom is -0.368 e. The number of carbonyl (C=O) groups is 1. The van der Waals surface area contributed by atoms with Crippen LogP contribution in [0, 0.1) is 28.6 Å². The number of hydrogen-bond acceptors (Lipinski definition) is 6. The van der Waals surface area contributed by atoms with Crippen molar-refractivity contribution in [2.75, 3.05) is 6.26 Å². The Labute approximate surface area is 243 Å². The average molecular weight is 597 g/mol. The zero-order valence-corrected chi connectivity index (χ0v) is 24.2. The molecule has 220 valence electrons. The van der Waals surface area contributed by atoms with Crippen molar-refractivity contribution in [3.8, 4) is 23.3 Å². The van der Waals surface area contributed by atoms with Gasteiger partial charge in [-0.2, -0.15) is 23.7 Å². The molecule has 0 heterocycles. The molecule has 3 rings (SSSR count). The first-order chi connectivity index (χ1) is 19.6. The number of halogens is 3. The molecule has 0 radical (unpaired) electrons. The van der Waals surface area contributed by atoms with Crippen LogP contribution in [0.1, 0.15) is 43.0 Å². The van der Waals surface area contributed by atoms with Crippen molar-refractivity contribution in [1.29, 1.82) is 10.5 Å². The maximum atomic E-state index is 14.9. The van der Waals surface area contributed by atoms with Gasteiger partial charge in [-0.05, 0) is 58.9 Å². The Morgan fingerprint density at radius 3 is 1.86 bits per heavy atom. The third kappa shape index (κ3) is 7.96. The summed E-state index contributed by atoms with van der Waals surface area (Å²) in [4.78, 5) is 13.6. The molecule has 0 spiro atoms. The average Bonchev–Trinajstić information content (AvgIpc) is 2.93. The first-order valence-electron chi connectivity index (χ1n) is 13.1. The Morgan fingerprint density at radius 2 is 1.45 bits per heavy atom. The number of amides is 1. The molecule has 3 atom stereocenters. The van der Waals surface area contributed by atoms with Gasteiger partial charge in [-0.3, -0.25) is 9.69 Å². The predicted octanol–water partition coefficient (Wildman–Crippen LogP) is 5.57. The number of benzene rings is 3. The van der Waals surface area contributed by atoms with Gasteiger partial charge in [-0.15, -0.1) is 0 Å². The van der Waals surface area contributed by atoms with Crippen molar-refractivity contribution >= 4 is 15.7 Å². The lowest BCUT2D eigenvalue weighted by Crippen LogP contribution is -2.55. The Hall–Kier alpha value is -4.19. The van der Waals surface area contributed by atoms with Gasteiger partial charge in [0.15, 0.2) is 9.84 Å². The van der Waals surface area contributed by atoms with E-state index in [0.29, 0.717) is 22.3 Å². The first-order valence-corrected chi connectivity index (χ1v) is 15.0. The van der Waals surface area contributed by atoms with Crippen molar-refractivity contribution in [2.24, 2.45) is 11.7 Å². The summed E-state index contributed by atoms with van der Waals surface area (Å²) in [7, 11) is -3.42. The number of primary amides is 1.